The van der Waals surface area contributed by atoms with Crippen molar-refractivity contribution in [2.24, 2.45) is 16.6 Å². The van der Waals surface area contributed by atoms with E-state index in [1.165, 1.54) is 6.08 Å². The fourth-order valence-electron chi connectivity index (χ4n) is 6.19. The third-order valence-corrected chi connectivity index (χ3v) is 10.6. The number of hydrogen-bond acceptors (Lipinski definition) is 9. The SMILES string of the molecule is NC1CCC(NC(=O)COc2ccc(Cl)cc2)CC1.O=C(COc1ccc(Cl)cc1)NC1CCC(CNC(=O)Nc2ccc(Cl)cc2)CC1.O=C(O)C(F)(F)F.O=C=Nc1ccc(Cl)cc1.[HH].[HH].[HH].[HH]. The molecule has 0 unspecified atom stereocenters. The number of isocyanates is 1. The van der Waals surface area contributed by atoms with E-state index >= 15 is 0 Å². The van der Waals surface area contributed by atoms with Gasteiger partial charge in [0.1, 0.15) is 11.5 Å². The van der Waals surface area contributed by atoms with E-state index in [0.717, 1.165) is 51.4 Å². The number of benzene rings is 4. The molecule has 66 heavy (non-hydrogen) atoms. The minimum atomic E-state index is -5.08. The quantitative estimate of drug-likeness (QED) is 0.0588. The highest BCUT2D eigenvalue weighted by Crippen LogP contribution is 2.24. The van der Waals surface area contributed by atoms with Gasteiger partial charge in [-0.1, -0.05) is 46.4 Å². The van der Waals surface area contributed by atoms with Crippen LogP contribution < -0.4 is 36.5 Å². The Morgan fingerprint density at radius 2 is 1.05 bits per heavy atom. The Morgan fingerprint density at radius 1 is 0.667 bits per heavy atom. The summed E-state index contributed by atoms with van der Waals surface area (Å²) in [6, 6.07) is 27.9. The third-order valence-electron chi connectivity index (χ3n) is 9.61. The van der Waals surface area contributed by atoms with Gasteiger partial charge in [-0.05, 0) is 154 Å². The van der Waals surface area contributed by atoms with E-state index < -0.39 is 12.1 Å². The van der Waals surface area contributed by atoms with Gasteiger partial charge in [-0.3, -0.25) is 9.59 Å². The number of hydrogen-bond donors (Lipinski definition) is 6. The maximum atomic E-state index is 12.1. The highest BCUT2D eigenvalue weighted by Gasteiger charge is 2.38. The number of anilines is 1. The molecule has 2 saturated carbocycles. The lowest BCUT2D eigenvalue weighted by Gasteiger charge is -2.29. The number of aliphatic carboxylic acids is 1. The second-order valence-corrected chi connectivity index (χ2v) is 16.5. The van der Waals surface area contributed by atoms with Gasteiger partial charge in [0.05, 0.1) is 5.69 Å². The maximum absolute atomic E-state index is 12.1. The summed E-state index contributed by atoms with van der Waals surface area (Å²) >= 11 is 23.0. The molecular weight excluding hydrogens is 951 g/mol. The van der Waals surface area contributed by atoms with Crippen LogP contribution >= 0.6 is 46.4 Å². The van der Waals surface area contributed by atoms with Crippen LogP contribution in [0.4, 0.5) is 29.3 Å². The first kappa shape index (κ1) is 54.8. The number of nitrogens with one attached hydrogen (secondary N) is 4. The van der Waals surface area contributed by atoms with Gasteiger partial charge in [0.2, 0.25) is 6.08 Å². The summed E-state index contributed by atoms with van der Waals surface area (Å²) in [6.45, 7) is 0.623. The lowest BCUT2D eigenvalue weighted by molar-refractivity contribution is -0.192. The number of urea groups is 1. The average Bonchev–Trinajstić information content (AvgIpc) is 3.28. The van der Waals surface area contributed by atoms with E-state index in [9.17, 15) is 32.3 Å². The van der Waals surface area contributed by atoms with E-state index in [1.807, 2.05) is 0 Å². The molecular formula is C45H57Cl4F3N6O8. The molecule has 2 fully saturated rings. The number of carboxylic acid groups (broad SMARTS) is 1. The van der Waals surface area contributed by atoms with Gasteiger partial charge in [0.15, 0.2) is 13.2 Å². The predicted octanol–water partition coefficient (Wildman–Crippen LogP) is 10.9. The van der Waals surface area contributed by atoms with Crippen molar-refractivity contribution < 1.29 is 57.4 Å². The van der Waals surface area contributed by atoms with Gasteiger partial charge in [0.25, 0.3) is 11.8 Å². The third kappa shape index (κ3) is 23.6. The van der Waals surface area contributed by atoms with Crippen LogP contribution in [0.25, 0.3) is 0 Å². The fraction of sp³-hybridized carbons (Fsp3) is 0.356. The summed E-state index contributed by atoms with van der Waals surface area (Å²) in [7, 11) is 0. The minimum absolute atomic E-state index is 0. The second kappa shape index (κ2) is 29.2. The molecule has 0 atom stereocenters. The Hall–Kier alpha value is -5.55. The number of nitrogens with two attached hydrogens (primary N) is 1. The lowest BCUT2D eigenvalue weighted by atomic mass is 9.86. The van der Waals surface area contributed by atoms with Crippen LogP contribution in [0, 0.1) is 5.92 Å². The van der Waals surface area contributed by atoms with Crippen LogP contribution in [0.1, 0.15) is 57.1 Å². The molecule has 7 N–H and O–H groups in total. The Morgan fingerprint density at radius 3 is 1.44 bits per heavy atom. The van der Waals surface area contributed by atoms with E-state index in [1.54, 1.807) is 97.1 Å². The number of aliphatic imine (C=N–C) groups is 1. The van der Waals surface area contributed by atoms with Crippen molar-refractivity contribution in [3.63, 3.8) is 0 Å². The smallest absolute Gasteiger partial charge is 0.484 e. The van der Waals surface area contributed by atoms with Gasteiger partial charge in [0, 0.05) is 56.2 Å². The number of halogens is 7. The Balaban J connectivity index is 0. The molecule has 0 radical (unpaired) electrons. The van der Waals surface area contributed by atoms with Crippen molar-refractivity contribution in [3.05, 3.63) is 117 Å². The summed E-state index contributed by atoms with van der Waals surface area (Å²) in [4.78, 5) is 57.9. The Bertz CT molecular complexity index is 2170. The molecule has 364 valence electrons. The number of carbonyl (C=O) groups excluding carboxylic acids is 4. The molecule has 2 aliphatic carbocycles. The van der Waals surface area contributed by atoms with Crippen molar-refractivity contribution in [1.82, 2.24) is 16.0 Å². The van der Waals surface area contributed by atoms with E-state index in [-0.39, 0.29) is 48.8 Å². The number of carboxylic acids is 1. The molecule has 0 aromatic heterocycles. The zero-order valence-corrected chi connectivity index (χ0v) is 38.3. The van der Waals surface area contributed by atoms with Crippen LogP contribution in [0.15, 0.2) is 102 Å². The summed E-state index contributed by atoms with van der Waals surface area (Å²) in [5, 5.41) is 21.4. The molecule has 4 aromatic rings. The first-order chi connectivity index (χ1) is 31.4. The molecule has 0 bridgehead atoms. The second-order valence-electron chi connectivity index (χ2n) is 14.8. The van der Waals surface area contributed by atoms with Crippen LogP contribution in [0.3, 0.4) is 0 Å². The molecule has 2 aliphatic rings. The summed E-state index contributed by atoms with van der Waals surface area (Å²) < 4.78 is 42.6. The van der Waals surface area contributed by atoms with E-state index in [0.29, 0.717) is 61.5 Å². The zero-order chi connectivity index (χ0) is 48.5. The normalized spacial score (nSPS) is 17.4. The Kier molecular flexibility index (Phi) is 24.2. The van der Waals surface area contributed by atoms with Crippen molar-refractivity contribution in [1.29, 1.82) is 0 Å². The Labute approximate surface area is 405 Å². The van der Waals surface area contributed by atoms with Crippen LogP contribution in [0.5, 0.6) is 11.5 Å². The van der Waals surface area contributed by atoms with Gasteiger partial charge in [-0.2, -0.15) is 18.2 Å². The number of carbonyl (C=O) groups is 4. The molecule has 4 amide bonds. The van der Waals surface area contributed by atoms with Gasteiger partial charge < -0.3 is 41.6 Å². The van der Waals surface area contributed by atoms with Gasteiger partial charge >= 0.3 is 18.2 Å². The van der Waals surface area contributed by atoms with Gasteiger partial charge in [-0.15, -0.1) is 0 Å². The zero-order valence-electron chi connectivity index (χ0n) is 35.3. The largest absolute Gasteiger partial charge is 0.490 e. The molecule has 4 aromatic carbocycles. The monoisotopic (exact) mass is 1010 g/mol. The first-order valence-corrected chi connectivity index (χ1v) is 21.9. The number of nitrogens with zero attached hydrogens (tertiary/aromatic N) is 1. The van der Waals surface area contributed by atoms with Crippen molar-refractivity contribution in [2.75, 3.05) is 25.1 Å². The summed E-state index contributed by atoms with van der Waals surface area (Å²) in [5.41, 5.74) is 7.09. The highest BCUT2D eigenvalue weighted by molar-refractivity contribution is 6.31. The molecule has 0 aliphatic heterocycles. The molecule has 0 heterocycles. The summed E-state index contributed by atoms with van der Waals surface area (Å²) in [5.74, 6) is -1.32. The van der Waals surface area contributed by atoms with E-state index in [2.05, 4.69) is 26.3 Å². The standard InChI is InChI=1S/C22H25Cl2N3O3.C14H19ClN2O2.C7H4ClNO.C2HF3O2.4H2/c23-16-3-9-19(10-4-16)27-22(29)25-13-15-1-7-18(8-2-15)26-21(28)14-30-20-11-5-17(24)6-12-20;15-10-1-7-13(8-2-10)19-9-14(18)17-12-5-3-11(16)4-6-12;8-6-1-3-7(4-2-6)9-5-10;3-2(4,5)1(6)7;;;;/h3-6,9-12,15,18H,1-2,7-8,13-14H2,(H,26,28)(H2,25,27,29);1-2,7-8,11-12H,3-6,9,16H2,(H,17,18);1-4H;(H,6,7);4*1H. The molecule has 14 nitrogen and oxygen atoms in total. The van der Waals surface area contributed by atoms with E-state index in [4.69, 9.17) is 71.5 Å². The number of ether oxygens (including phenoxy) is 2. The molecule has 0 saturated heterocycles. The lowest BCUT2D eigenvalue weighted by Crippen LogP contribution is -2.42. The first-order valence-electron chi connectivity index (χ1n) is 20.4. The molecule has 21 heteroatoms. The topological polar surface area (TPSA) is 211 Å². The van der Waals surface area contributed by atoms with Crippen LogP contribution in [0.2, 0.25) is 20.1 Å². The molecule has 6 rings (SSSR count). The van der Waals surface area contributed by atoms with Crippen molar-refractivity contribution >= 4 is 87.7 Å². The maximum Gasteiger partial charge on any atom is 0.490 e. The van der Waals surface area contributed by atoms with Crippen LogP contribution in [-0.4, -0.2) is 79.1 Å². The predicted molar refractivity (Wildman–Crippen MR) is 256 cm³/mol. The van der Waals surface area contributed by atoms with Crippen LogP contribution in [-0.2, 0) is 19.2 Å². The molecule has 0 spiro atoms. The number of alkyl halides is 3. The highest BCUT2D eigenvalue weighted by atomic mass is 35.5. The fourth-order valence-corrected chi connectivity index (χ4v) is 6.69. The summed E-state index contributed by atoms with van der Waals surface area (Å²) in [6.07, 6.45) is 3.88. The minimum Gasteiger partial charge on any atom is -0.484 e. The van der Waals surface area contributed by atoms with Gasteiger partial charge in [-0.25, -0.2) is 14.4 Å². The number of amides is 4. The average molecular weight is 1010 g/mol. The number of rotatable bonds is 12. The van der Waals surface area contributed by atoms with Crippen molar-refractivity contribution in [2.45, 2.75) is 75.7 Å². The van der Waals surface area contributed by atoms with Crippen molar-refractivity contribution in [3.8, 4) is 11.5 Å².